The number of benzene rings is 1. The van der Waals surface area contributed by atoms with Gasteiger partial charge < -0.3 is 11.1 Å². The third kappa shape index (κ3) is 5.70. The van der Waals surface area contributed by atoms with Crippen molar-refractivity contribution in [2.75, 3.05) is 6.54 Å². The van der Waals surface area contributed by atoms with Crippen LogP contribution in [-0.4, -0.2) is 18.5 Å². The molecule has 7 heteroatoms. The van der Waals surface area contributed by atoms with Crippen LogP contribution < -0.4 is 11.1 Å². The second-order valence-electron chi connectivity index (χ2n) is 6.00. The fourth-order valence-electron chi connectivity index (χ4n) is 2.57. The molecule has 1 aromatic rings. The summed E-state index contributed by atoms with van der Waals surface area (Å²) in [6.07, 6.45) is -2.21. The van der Waals surface area contributed by atoms with Gasteiger partial charge in [-0.3, -0.25) is 4.79 Å². The Morgan fingerprint density at radius 2 is 1.96 bits per heavy atom. The Balaban J connectivity index is 0.00000264. The molecule has 1 aliphatic carbocycles. The molecule has 0 aromatic heterocycles. The van der Waals surface area contributed by atoms with E-state index in [1.54, 1.807) is 13.0 Å². The molecular formula is C16H22ClF3N2O. The van der Waals surface area contributed by atoms with Crippen molar-refractivity contribution in [3.63, 3.8) is 0 Å². The maximum Gasteiger partial charge on any atom is 0.416 e. The monoisotopic (exact) mass is 350 g/mol. The lowest BCUT2D eigenvalue weighted by Gasteiger charge is -2.18. The zero-order chi connectivity index (χ0) is 16.3. The summed E-state index contributed by atoms with van der Waals surface area (Å²) in [6, 6.07) is 5.33. The van der Waals surface area contributed by atoms with Gasteiger partial charge in [0, 0.05) is 19.0 Å². The molecule has 0 saturated heterocycles. The van der Waals surface area contributed by atoms with Crippen LogP contribution in [0.25, 0.3) is 0 Å². The highest BCUT2D eigenvalue weighted by atomic mass is 35.5. The molecule has 2 unspecified atom stereocenters. The summed E-state index contributed by atoms with van der Waals surface area (Å²) >= 11 is 0. The molecule has 0 spiro atoms. The molecule has 23 heavy (non-hydrogen) atoms. The number of halogens is 4. The summed E-state index contributed by atoms with van der Waals surface area (Å²) < 4.78 is 38.9. The molecule has 1 aliphatic rings. The van der Waals surface area contributed by atoms with Gasteiger partial charge in [-0.05, 0) is 36.3 Å². The van der Waals surface area contributed by atoms with Crippen LogP contribution in [0.15, 0.2) is 24.3 Å². The lowest BCUT2D eigenvalue weighted by molar-refractivity contribution is -0.138. The first-order valence-electron chi connectivity index (χ1n) is 7.47. The SMILES string of the molecule is CC(CC(=O)NCC(N)C1CC1)c1ccccc1C(F)(F)F.Cl. The number of carbonyl (C=O) groups excluding carboxylic acids is 1. The molecule has 1 fully saturated rings. The van der Waals surface area contributed by atoms with Gasteiger partial charge in [0.05, 0.1) is 5.56 Å². The molecule has 130 valence electrons. The van der Waals surface area contributed by atoms with Gasteiger partial charge in [-0.2, -0.15) is 13.2 Å². The van der Waals surface area contributed by atoms with E-state index < -0.39 is 17.7 Å². The van der Waals surface area contributed by atoms with E-state index in [0.717, 1.165) is 18.9 Å². The molecule has 0 aliphatic heterocycles. The number of nitrogens with two attached hydrogens (primary N) is 1. The number of nitrogens with one attached hydrogen (secondary N) is 1. The van der Waals surface area contributed by atoms with Crippen molar-refractivity contribution in [1.82, 2.24) is 5.32 Å². The lowest BCUT2D eigenvalue weighted by atomic mass is 9.92. The number of carbonyl (C=O) groups is 1. The predicted octanol–water partition coefficient (Wildman–Crippen LogP) is 3.47. The van der Waals surface area contributed by atoms with Crippen molar-refractivity contribution in [2.45, 2.75) is 44.3 Å². The van der Waals surface area contributed by atoms with E-state index >= 15 is 0 Å². The first kappa shape index (κ1) is 19.8. The Labute approximate surface area is 140 Å². The molecular weight excluding hydrogens is 329 g/mol. The van der Waals surface area contributed by atoms with E-state index in [2.05, 4.69) is 5.32 Å². The predicted molar refractivity (Wildman–Crippen MR) is 85.4 cm³/mol. The second-order valence-corrected chi connectivity index (χ2v) is 6.00. The minimum absolute atomic E-state index is 0. The van der Waals surface area contributed by atoms with Crippen LogP contribution >= 0.6 is 12.4 Å². The van der Waals surface area contributed by atoms with Gasteiger partial charge >= 0.3 is 6.18 Å². The van der Waals surface area contributed by atoms with E-state index in [0.29, 0.717) is 12.5 Å². The topological polar surface area (TPSA) is 55.1 Å². The Hall–Kier alpha value is -1.27. The van der Waals surface area contributed by atoms with Crippen molar-refractivity contribution in [3.05, 3.63) is 35.4 Å². The molecule has 0 heterocycles. The van der Waals surface area contributed by atoms with Gasteiger partial charge in [0.25, 0.3) is 0 Å². The summed E-state index contributed by atoms with van der Waals surface area (Å²) in [7, 11) is 0. The lowest BCUT2D eigenvalue weighted by Crippen LogP contribution is -2.38. The van der Waals surface area contributed by atoms with Crippen LogP contribution in [0.1, 0.15) is 43.2 Å². The number of rotatable bonds is 6. The van der Waals surface area contributed by atoms with Crippen LogP contribution in [0.5, 0.6) is 0 Å². The smallest absolute Gasteiger partial charge is 0.355 e. The maximum absolute atomic E-state index is 13.0. The van der Waals surface area contributed by atoms with E-state index in [1.165, 1.54) is 12.1 Å². The van der Waals surface area contributed by atoms with Crippen molar-refractivity contribution in [1.29, 1.82) is 0 Å². The van der Waals surface area contributed by atoms with Crippen LogP contribution in [0.3, 0.4) is 0 Å². The van der Waals surface area contributed by atoms with E-state index in [1.807, 2.05) is 0 Å². The first-order valence-corrected chi connectivity index (χ1v) is 7.47. The normalized spacial score (nSPS) is 17.1. The van der Waals surface area contributed by atoms with Gasteiger partial charge in [-0.25, -0.2) is 0 Å². The standard InChI is InChI=1S/C16H21F3N2O.ClH/c1-10(8-15(22)21-9-14(20)11-6-7-11)12-4-2-3-5-13(12)16(17,18)19;/h2-5,10-11,14H,6-9,20H2,1H3,(H,21,22);1H. The summed E-state index contributed by atoms with van der Waals surface area (Å²) in [4.78, 5) is 11.9. The highest BCUT2D eigenvalue weighted by Gasteiger charge is 2.34. The van der Waals surface area contributed by atoms with Crippen LogP contribution in [0.4, 0.5) is 13.2 Å². The molecule has 1 saturated carbocycles. The minimum atomic E-state index is -4.41. The number of hydrogen-bond acceptors (Lipinski definition) is 2. The van der Waals surface area contributed by atoms with Crippen molar-refractivity contribution in [2.24, 2.45) is 11.7 Å². The van der Waals surface area contributed by atoms with Crippen molar-refractivity contribution < 1.29 is 18.0 Å². The van der Waals surface area contributed by atoms with Crippen LogP contribution in [0, 0.1) is 5.92 Å². The molecule has 1 amide bonds. The van der Waals surface area contributed by atoms with Crippen molar-refractivity contribution in [3.8, 4) is 0 Å². The van der Waals surface area contributed by atoms with Gasteiger partial charge in [0.15, 0.2) is 0 Å². The average molecular weight is 351 g/mol. The highest BCUT2D eigenvalue weighted by molar-refractivity contribution is 5.85. The largest absolute Gasteiger partial charge is 0.416 e. The number of hydrogen-bond donors (Lipinski definition) is 2. The molecule has 0 radical (unpaired) electrons. The summed E-state index contributed by atoms with van der Waals surface area (Å²) in [5.74, 6) is -0.292. The van der Waals surface area contributed by atoms with Crippen molar-refractivity contribution >= 4 is 18.3 Å². The van der Waals surface area contributed by atoms with E-state index in [9.17, 15) is 18.0 Å². The second kappa shape index (κ2) is 8.02. The molecule has 2 rings (SSSR count). The maximum atomic E-state index is 13.0. The van der Waals surface area contributed by atoms with E-state index in [-0.39, 0.29) is 36.3 Å². The highest BCUT2D eigenvalue weighted by Crippen LogP contribution is 2.36. The third-order valence-electron chi connectivity index (χ3n) is 4.05. The fourth-order valence-corrected chi connectivity index (χ4v) is 2.57. The third-order valence-corrected chi connectivity index (χ3v) is 4.05. The first-order chi connectivity index (χ1) is 10.3. The summed E-state index contributed by atoms with van der Waals surface area (Å²) in [5, 5.41) is 2.72. The molecule has 3 N–H and O–H groups in total. The quantitative estimate of drug-likeness (QED) is 0.825. The zero-order valence-corrected chi connectivity index (χ0v) is 13.7. The molecule has 1 aromatic carbocycles. The Morgan fingerprint density at radius 3 is 2.52 bits per heavy atom. The van der Waals surface area contributed by atoms with Gasteiger partial charge in [0.2, 0.25) is 5.91 Å². The van der Waals surface area contributed by atoms with E-state index in [4.69, 9.17) is 5.73 Å². The number of alkyl halides is 3. The summed E-state index contributed by atoms with van der Waals surface area (Å²) in [5.41, 5.74) is 5.36. The van der Waals surface area contributed by atoms with Crippen LogP contribution in [0.2, 0.25) is 0 Å². The Kier molecular flexibility index (Phi) is 6.89. The zero-order valence-electron chi connectivity index (χ0n) is 12.9. The van der Waals surface area contributed by atoms with Gasteiger partial charge in [-0.1, -0.05) is 25.1 Å². The molecule has 3 nitrogen and oxygen atoms in total. The van der Waals surface area contributed by atoms with Crippen LogP contribution in [-0.2, 0) is 11.0 Å². The molecule has 0 bridgehead atoms. The Bertz CT molecular complexity index is 532. The summed E-state index contributed by atoms with van der Waals surface area (Å²) in [6.45, 7) is 2.02. The minimum Gasteiger partial charge on any atom is -0.355 e. The Morgan fingerprint density at radius 1 is 1.35 bits per heavy atom. The fraction of sp³-hybridized carbons (Fsp3) is 0.562. The molecule has 2 atom stereocenters. The number of amides is 1. The van der Waals surface area contributed by atoms with Gasteiger partial charge in [-0.15, -0.1) is 12.4 Å². The average Bonchev–Trinajstić information content (AvgIpc) is 3.28. The van der Waals surface area contributed by atoms with Gasteiger partial charge in [0.1, 0.15) is 0 Å².